The van der Waals surface area contributed by atoms with E-state index in [0.29, 0.717) is 11.1 Å². The number of ketones is 1. The number of aromatic carboxylic acids is 1. The van der Waals surface area contributed by atoms with Gasteiger partial charge in [0.05, 0.1) is 10.5 Å². The molecule has 148 valence electrons. The van der Waals surface area contributed by atoms with E-state index in [1.165, 1.54) is 30.3 Å². The van der Waals surface area contributed by atoms with E-state index in [9.17, 15) is 18.0 Å². The molecular weight excluding hydrogens is 458 g/mol. The second-order valence-corrected chi connectivity index (χ2v) is 8.87. The molecular formula is C21H16BrNO5S. The fourth-order valence-corrected chi connectivity index (χ4v) is 4.28. The number of halogens is 1. The third-order valence-electron chi connectivity index (χ3n) is 4.23. The standard InChI is InChI=1S/C21H16BrNO5S/c1-13-2-3-16(20(24)14-4-8-17(22)9-5-14)12-19(13)29(27,28)23-18-10-6-15(7-11-18)21(25)26/h2-12,23H,1H3,(H,25,26). The lowest BCUT2D eigenvalue weighted by Crippen LogP contribution is -2.15. The van der Waals surface area contributed by atoms with Crippen LogP contribution in [0, 0.1) is 6.92 Å². The Balaban J connectivity index is 1.92. The van der Waals surface area contributed by atoms with Gasteiger partial charge in [-0.2, -0.15) is 0 Å². The van der Waals surface area contributed by atoms with E-state index in [1.54, 1.807) is 43.3 Å². The number of carboxylic acid groups (broad SMARTS) is 1. The molecule has 0 atom stereocenters. The molecule has 0 heterocycles. The summed E-state index contributed by atoms with van der Waals surface area (Å²) in [6.45, 7) is 1.63. The molecule has 0 unspecified atom stereocenters. The van der Waals surface area contributed by atoms with Crippen LogP contribution >= 0.6 is 15.9 Å². The summed E-state index contributed by atoms with van der Waals surface area (Å²) >= 11 is 3.31. The first-order chi connectivity index (χ1) is 13.7. The van der Waals surface area contributed by atoms with Crippen LogP contribution in [0.3, 0.4) is 0 Å². The Morgan fingerprint density at radius 1 is 0.862 bits per heavy atom. The molecule has 0 saturated carbocycles. The first-order valence-corrected chi connectivity index (χ1v) is 10.7. The highest BCUT2D eigenvalue weighted by Gasteiger charge is 2.20. The quantitative estimate of drug-likeness (QED) is 0.513. The second-order valence-electron chi connectivity index (χ2n) is 6.30. The van der Waals surface area contributed by atoms with E-state index in [-0.39, 0.29) is 27.5 Å². The number of carbonyl (C=O) groups excluding carboxylic acids is 1. The molecule has 3 rings (SSSR count). The largest absolute Gasteiger partial charge is 0.478 e. The summed E-state index contributed by atoms with van der Waals surface area (Å²) in [5.74, 6) is -1.39. The molecule has 2 N–H and O–H groups in total. The third-order valence-corrected chi connectivity index (χ3v) is 6.28. The van der Waals surface area contributed by atoms with E-state index < -0.39 is 16.0 Å². The monoisotopic (exact) mass is 473 g/mol. The Hall–Kier alpha value is -2.97. The van der Waals surface area contributed by atoms with Crippen LogP contribution in [-0.4, -0.2) is 25.3 Å². The minimum absolute atomic E-state index is 0.0252. The summed E-state index contributed by atoms with van der Waals surface area (Å²) in [4.78, 5) is 23.6. The van der Waals surface area contributed by atoms with Crippen molar-refractivity contribution in [1.82, 2.24) is 0 Å². The van der Waals surface area contributed by atoms with Crippen LogP contribution in [0.15, 0.2) is 76.1 Å². The number of hydrogen-bond donors (Lipinski definition) is 2. The highest BCUT2D eigenvalue weighted by molar-refractivity contribution is 9.10. The van der Waals surface area contributed by atoms with Crippen molar-refractivity contribution in [2.45, 2.75) is 11.8 Å². The maximum Gasteiger partial charge on any atom is 0.335 e. The Morgan fingerprint density at radius 3 is 2.00 bits per heavy atom. The summed E-state index contributed by atoms with van der Waals surface area (Å²) in [6, 6.07) is 16.6. The summed E-state index contributed by atoms with van der Waals surface area (Å²) in [7, 11) is -3.98. The third kappa shape index (κ3) is 4.72. The van der Waals surface area contributed by atoms with E-state index in [2.05, 4.69) is 20.7 Å². The normalized spacial score (nSPS) is 11.1. The van der Waals surface area contributed by atoms with Crippen LogP contribution in [0.5, 0.6) is 0 Å². The number of sulfonamides is 1. The van der Waals surface area contributed by atoms with Gasteiger partial charge < -0.3 is 5.11 Å². The molecule has 6 nitrogen and oxygen atoms in total. The maximum atomic E-state index is 12.9. The minimum atomic E-state index is -3.98. The van der Waals surface area contributed by atoms with Gasteiger partial charge >= 0.3 is 5.97 Å². The van der Waals surface area contributed by atoms with Crippen LogP contribution in [0.1, 0.15) is 31.8 Å². The van der Waals surface area contributed by atoms with E-state index in [0.717, 1.165) is 4.47 Å². The molecule has 0 bridgehead atoms. The fraction of sp³-hybridized carbons (Fsp3) is 0.0476. The summed E-state index contributed by atoms with van der Waals surface area (Å²) < 4.78 is 29.0. The summed E-state index contributed by atoms with van der Waals surface area (Å²) in [5, 5.41) is 8.94. The lowest BCUT2D eigenvalue weighted by atomic mass is 10.0. The van der Waals surface area contributed by atoms with Crippen LogP contribution in [0.25, 0.3) is 0 Å². The van der Waals surface area contributed by atoms with Gasteiger partial charge in [0.2, 0.25) is 0 Å². The van der Waals surface area contributed by atoms with E-state index >= 15 is 0 Å². The van der Waals surface area contributed by atoms with Gasteiger partial charge in [0.15, 0.2) is 5.78 Å². The van der Waals surface area contributed by atoms with Crippen molar-refractivity contribution in [3.8, 4) is 0 Å². The van der Waals surface area contributed by atoms with E-state index in [4.69, 9.17) is 5.11 Å². The van der Waals surface area contributed by atoms with Crippen molar-refractivity contribution in [3.05, 3.63) is 93.5 Å². The van der Waals surface area contributed by atoms with Gasteiger partial charge in [-0.25, -0.2) is 13.2 Å². The molecule has 8 heteroatoms. The smallest absolute Gasteiger partial charge is 0.335 e. The van der Waals surface area contributed by atoms with Crippen molar-refractivity contribution in [2.75, 3.05) is 4.72 Å². The van der Waals surface area contributed by atoms with Crippen molar-refractivity contribution in [3.63, 3.8) is 0 Å². The molecule has 0 saturated heterocycles. The Kier molecular flexibility index (Phi) is 5.86. The van der Waals surface area contributed by atoms with Crippen LogP contribution in [0.2, 0.25) is 0 Å². The first kappa shape index (κ1) is 20.8. The van der Waals surface area contributed by atoms with Crippen molar-refractivity contribution in [2.24, 2.45) is 0 Å². The number of rotatable bonds is 6. The first-order valence-electron chi connectivity index (χ1n) is 8.44. The van der Waals surface area contributed by atoms with Gasteiger partial charge in [-0.15, -0.1) is 0 Å². The SMILES string of the molecule is Cc1ccc(C(=O)c2ccc(Br)cc2)cc1S(=O)(=O)Nc1ccc(C(=O)O)cc1. The van der Waals surface area contributed by atoms with Gasteiger partial charge in [0.1, 0.15) is 0 Å². The molecule has 3 aromatic carbocycles. The predicted molar refractivity (Wildman–Crippen MR) is 113 cm³/mol. The summed E-state index contributed by atoms with van der Waals surface area (Å²) in [6.07, 6.45) is 0. The highest BCUT2D eigenvalue weighted by Crippen LogP contribution is 2.23. The molecule has 3 aromatic rings. The van der Waals surface area contributed by atoms with Crippen LogP contribution in [-0.2, 0) is 10.0 Å². The highest BCUT2D eigenvalue weighted by atomic mass is 79.9. The predicted octanol–water partition coefficient (Wildman–Crippen LogP) is 4.49. The average molecular weight is 474 g/mol. The van der Waals surface area contributed by atoms with Crippen LogP contribution < -0.4 is 4.72 Å². The zero-order chi connectivity index (χ0) is 21.2. The minimum Gasteiger partial charge on any atom is -0.478 e. The fourth-order valence-electron chi connectivity index (χ4n) is 2.69. The van der Waals surface area contributed by atoms with Gasteiger partial charge in [0, 0.05) is 21.3 Å². The number of carboxylic acids is 1. The zero-order valence-corrected chi connectivity index (χ0v) is 17.6. The molecule has 0 aliphatic rings. The van der Waals surface area contributed by atoms with Crippen molar-refractivity contribution < 1.29 is 23.1 Å². The zero-order valence-electron chi connectivity index (χ0n) is 15.2. The molecule has 0 aliphatic heterocycles. The second kappa shape index (κ2) is 8.18. The number of hydrogen-bond acceptors (Lipinski definition) is 4. The molecule has 0 spiro atoms. The van der Waals surface area contributed by atoms with E-state index in [1.807, 2.05) is 0 Å². The lowest BCUT2D eigenvalue weighted by molar-refractivity contribution is 0.0696. The van der Waals surface area contributed by atoms with Gasteiger partial charge in [-0.05, 0) is 67.1 Å². The topological polar surface area (TPSA) is 101 Å². The Morgan fingerprint density at radius 2 is 1.41 bits per heavy atom. The number of aryl methyl sites for hydroxylation is 1. The number of nitrogens with one attached hydrogen (secondary N) is 1. The van der Waals surface area contributed by atoms with Gasteiger partial charge in [-0.3, -0.25) is 9.52 Å². The van der Waals surface area contributed by atoms with Crippen molar-refractivity contribution >= 4 is 43.4 Å². The van der Waals surface area contributed by atoms with Gasteiger partial charge in [-0.1, -0.05) is 28.1 Å². The van der Waals surface area contributed by atoms with Gasteiger partial charge in [0.25, 0.3) is 10.0 Å². The van der Waals surface area contributed by atoms with Crippen molar-refractivity contribution in [1.29, 1.82) is 0 Å². The molecule has 0 fully saturated rings. The number of carbonyl (C=O) groups is 2. The molecule has 0 aromatic heterocycles. The molecule has 0 amide bonds. The maximum absolute atomic E-state index is 12.9. The number of benzene rings is 3. The summed E-state index contributed by atoms with van der Waals surface area (Å²) in [5.41, 5.74) is 1.44. The Labute approximate surface area is 176 Å². The lowest BCUT2D eigenvalue weighted by Gasteiger charge is -2.12. The molecule has 0 radical (unpaired) electrons. The molecule has 29 heavy (non-hydrogen) atoms. The Bertz CT molecular complexity index is 1190. The average Bonchev–Trinajstić information content (AvgIpc) is 2.68. The molecule has 0 aliphatic carbocycles. The van der Waals surface area contributed by atoms with Crippen LogP contribution in [0.4, 0.5) is 5.69 Å². The number of anilines is 1.